The lowest BCUT2D eigenvalue weighted by Crippen LogP contribution is -2.45. The number of nitrogens with one attached hydrogen (secondary N) is 1. The van der Waals surface area contributed by atoms with E-state index in [0.717, 1.165) is 6.42 Å². The first-order valence-electron chi connectivity index (χ1n) is 13.4. The van der Waals surface area contributed by atoms with E-state index < -0.39 is 6.04 Å². The maximum atomic E-state index is 14.3. The van der Waals surface area contributed by atoms with Crippen LogP contribution in [0.4, 0.5) is 5.69 Å². The second-order valence-corrected chi connectivity index (χ2v) is 10.0. The van der Waals surface area contributed by atoms with Gasteiger partial charge in [-0.3, -0.25) is 14.5 Å². The summed E-state index contributed by atoms with van der Waals surface area (Å²) >= 11 is 0. The molecule has 1 aliphatic rings. The summed E-state index contributed by atoms with van der Waals surface area (Å²) < 4.78 is 23.7. The molecule has 0 bridgehead atoms. The van der Waals surface area contributed by atoms with Gasteiger partial charge < -0.3 is 24.3 Å². The molecule has 0 fully saturated rings. The Balaban J connectivity index is 1.62. The lowest BCUT2D eigenvalue weighted by molar-refractivity contribution is -0.127. The normalized spacial score (nSPS) is 12.8. The van der Waals surface area contributed by atoms with Gasteiger partial charge >= 0.3 is 0 Å². The van der Waals surface area contributed by atoms with Gasteiger partial charge in [-0.2, -0.15) is 0 Å². The number of anilines is 1. The van der Waals surface area contributed by atoms with E-state index in [1.54, 1.807) is 43.5 Å². The number of carbonyl (C=O) groups is 2. The molecule has 5 rings (SSSR count). The molecule has 2 amide bonds. The van der Waals surface area contributed by atoms with Crippen molar-refractivity contribution in [2.75, 3.05) is 32.5 Å². The van der Waals surface area contributed by atoms with Crippen molar-refractivity contribution in [1.82, 2.24) is 20.3 Å². The van der Waals surface area contributed by atoms with Crippen LogP contribution in [0.2, 0.25) is 0 Å². The molecule has 4 aromatic rings. The van der Waals surface area contributed by atoms with Crippen LogP contribution in [0.1, 0.15) is 31.9 Å². The minimum Gasteiger partial charge on any atom is -0.497 e. The van der Waals surface area contributed by atoms with Gasteiger partial charge in [-0.15, -0.1) is 5.10 Å². The smallest absolute Gasteiger partial charge is 0.249 e. The fourth-order valence-corrected chi connectivity index (χ4v) is 4.73. The standard InChI is InChI=1S/C30H33N5O6/c1-19(2)13-14-31-30(37)29(22-11-10-21(38-3)16-26(22)39-4)35(20-9-12-25-27(15-20)41-18-40-25)28(36)17-34-24-8-6-5-7-23(24)32-33-34/h5-12,15-16,19,29H,13-14,17-18H2,1-4H3,(H,31,37). The predicted octanol–water partition coefficient (Wildman–Crippen LogP) is 4.11. The zero-order chi connectivity index (χ0) is 28.9. The molecule has 1 atom stereocenters. The van der Waals surface area contributed by atoms with Crippen molar-refractivity contribution in [3.63, 3.8) is 0 Å². The Morgan fingerprint density at radius 1 is 1.02 bits per heavy atom. The van der Waals surface area contributed by atoms with Gasteiger partial charge in [0.25, 0.3) is 0 Å². The summed E-state index contributed by atoms with van der Waals surface area (Å²) in [6.45, 7) is 4.52. The van der Waals surface area contributed by atoms with Gasteiger partial charge in [0.05, 0.1) is 19.7 Å². The molecule has 11 heteroatoms. The minimum atomic E-state index is -1.09. The van der Waals surface area contributed by atoms with E-state index in [4.69, 9.17) is 18.9 Å². The Kier molecular flexibility index (Phi) is 8.23. The van der Waals surface area contributed by atoms with Crippen molar-refractivity contribution < 1.29 is 28.5 Å². The molecular weight excluding hydrogens is 526 g/mol. The molecule has 0 aliphatic carbocycles. The molecule has 1 aromatic heterocycles. The predicted molar refractivity (Wildman–Crippen MR) is 152 cm³/mol. The third kappa shape index (κ3) is 5.88. The van der Waals surface area contributed by atoms with Crippen LogP contribution in [0.5, 0.6) is 23.0 Å². The summed E-state index contributed by atoms with van der Waals surface area (Å²) in [6.07, 6.45) is 0.779. The second-order valence-electron chi connectivity index (χ2n) is 10.0. The van der Waals surface area contributed by atoms with Gasteiger partial charge in [0, 0.05) is 29.9 Å². The van der Waals surface area contributed by atoms with Crippen LogP contribution in [0.25, 0.3) is 11.0 Å². The van der Waals surface area contributed by atoms with Crippen molar-refractivity contribution >= 4 is 28.5 Å². The number of rotatable bonds is 11. The Morgan fingerprint density at radius 2 is 1.83 bits per heavy atom. The summed E-state index contributed by atoms with van der Waals surface area (Å²) in [7, 11) is 3.07. The number of para-hydroxylation sites is 1. The number of hydrogen-bond donors (Lipinski definition) is 1. The molecule has 0 radical (unpaired) electrons. The van der Waals surface area contributed by atoms with Crippen molar-refractivity contribution in [1.29, 1.82) is 0 Å². The number of nitrogens with zero attached hydrogens (tertiary/aromatic N) is 4. The van der Waals surface area contributed by atoms with Crippen LogP contribution >= 0.6 is 0 Å². The largest absolute Gasteiger partial charge is 0.497 e. The van der Waals surface area contributed by atoms with Crippen LogP contribution in [0.15, 0.2) is 60.7 Å². The zero-order valence-electron chi connectivity index (χ0n) is 23.5. The summed E-state index contributed by atoms with van der Waals surface area (Å²) in [4.78, 5) is 29.8. The highest BCUT2D eigenvalue weighted by atomic mass is 16.7. The first-order valence-corrected chi connectivity index (χ1v) is 13.4. The average molecular weight is 560 g/mol. The second kappa shape index (κ2) is 12.2. The SMILES string of the molecule is COc1ccc(C(C(=O)NCCC(C)C)N(C(=O)Cn2nnc3ccccc32)c2ccc3c(c2)OCO3)c(OC)c1. The molecule has 0 spiro atoms. The molecule has 1 unspecified atom stereocenters. The number of benzene rings is 3. The summed E-state index contributed by atoms with van der Waals surface area (Å²) in [6, 6.07) is 16.6. The Morgan fingerprint density at radius 3 is 2.61 bits per heavy atom. The highest BCUT2D eigenvalue weighted by Gasteiger charge is 2.36. The maximum absolute atomic E-state index is 14.3. The molecule has 1 N–H and O–H groups in total. The molecule has 0 saturated heterocycles. The van der Waals surface area contributed by atoms with E-state index in [-0.39, 0.29) is 25.2 Å². The van der Waals surface area contributed by atoms with Crippen LogP contribution in [0.3, 0.4) is 0 Å². The summed E-state index contributed by atoms with van der Waals surface area (Å²) in [5.41, 5.74) is 2.30. The number of ether oxygens (including phenoxy) is 4. The summed E-state index contributed by atoms with van der Waals surface area (Å²) in [5, 5.41) is 11.4. The van der Waals surface area contributed by atoms with Gasteiger partial charge in [0.1, 0.15) is 29.6 Å². The highest BCUT2D eigenvalue weighted by molar-refractivity contribution is 6.02. The number of hydrogen-bond acceptors (Lipinski definition) is 8. The monoisotopic (exact) mass is 559 g/mol. The number of methoxy groups -OCH3 is 2. The molecule has 1 aliphatic heterocycles. The van der Waals surface area contributed by atoms with E-state index in [2.05, 4.69) is 29.5 Å². The quantitative estimate of drug-likeness (QED) is 0.292. The average Bonchev–Trinajstić information content (AvgIpc) is 3.62. The zero-order valence-corrected chi connectivity index (χ0v) is 23.5. The van der Waals surface area contributed by atoms with Crippen molar-refractivity contribution in [3.8, 4) is 23.0 Å². The van der Waals surface area contributed by atoms with Crippen LogP contribution in [-0.2, 0) is 16.1 Å². The van der Waals surface area contributed by atoms with Crippen molar-refractivity contribution in [3.05, 3.63) is 66.2 Å². The molecule has 214 valence electrons. The van der Waals surface area contributed by atoms with Gasteiger partial charge in [0.2, 0.25) is 18.6 Å². The molecule has 2 heterocycles. The third-order valence-electron chi connectivity index (χ3n) is 6.87. The first kappa shape index (κ1) is 27.8. The van der Waals surface area contributed by atoms with Gasteiger partial charge in [-0.05, 0) is 48.7 Å². The van der Waals surface area contributed by atoms with Crippen LogP contribution in [0, 0.1) is 5.92 Å². The van der Waals surface area contributed by atoms with Crippen molar-refractivity contribution in [2.45, 2.75) is 32.9 Å². The van der Waals surface area contributed by atoms with Crippen molar-refractivity contribution in [2.24, 2.45) is 5.92 Å². The van der Waals surface area contributed by atoms with Crippen LogP contribution in [-0.4, -0.2) is 54.4 Å². The molecule has 41 heavy (non-hydrogen) atoms. The summed E-state index contributed by atoms with van der Waals surface area (Å²) in [5.74, 6) is 1.63. The number of amides is 2. The molecule has 11 nitrogen and oxygen atoms in total. The fraction of sp³-hybridized carbons (Fsp3) is 0.333. The van der Waals surface area contributed by atoms with Gasteiger partial charge in [-0.1, -0.05) is 31.2 Å². The Labute approximate surface area is 237 Å². The molecule has 3 aromatic carbocycles. The van der Waals surface area contributed by atoms with E-state index >= 15 is 0 Å². The van der Waals surface area contributed by atoms with E-state index in [1.165, 1.54) is 16.7 Å². The topological polar surface area (TPSA) is 117 Å². The van der Waals surface area contributed by atoms with Crippen LogP contribution < -0.4 is 29.2 Å². The highest BCUT2D eigenvalue weighted by Crippen LogP contribution is 2.40. The van der Waals surface area contributed by atoms with E-state index in [9.17, 15) is 9.59 Å². The number of aromatic nitrogens is 3. The lowest BCUT2D eigenvalue weighted by atomic mass is 10.0. The minimum absolute atomic E-state index is 0.0725. The Hall–Kier alpha value is -4.80. The number of carbonyl (C=O) groups excluding carboxylic acids is 2. The third-order valence-corrected chi connectivity index (χ3v) is 6.87. The van der Waals surface area contributed by atoms with Gasteiger partial charge in [0.15, 0.2) is 11.5 Å². The maximum Gasteiger partial charge on any atom is 0.249 e. The first-order chi connectivity index (χ1) is 19.9. The number of fused-ring (bicyclic) bond motifs is 2. The fourth-order valence-electron chi connectivity index (χ4n) is 4.73. The molecule has 0 saturated carbocycles. The van der Waals surface area contributed by atoms with E-state index in [1.807, 2.05) is 24.3 Å². The van der Waals surface area contributed by atoms with Gasteiger partial charge in [-0.25, -0.2) is 4.68 Å². The Bertz CT molecular complexity index is 1550. The van der Waals surface area contributed by atoms with E-state index in [0.29, 0.717) is 57.7 Å². The molecular formula is C30H33N5O6. The lowest BCUT2D eigenvalue weighted by Gasteiger charge is -2.32.